The SMILES string of the molecule is O=P(c1ccccc1)(c1ccccc1)C1CN(Cc2ccccc2)CC1P(=O)(c1ccccc1)c1ccccc1. The molecule has 1 heterocycles. The molecule has 1 aliphatic rings. The van der Waals surface area contributed by atoms with Crippen LogP contribution in [0, 0.1) is 0 Å². The van der Waals surface area contributed by atoms with Crippen LogP contribution in [0.1, 0.15) is 5.56 Å². The van der Waals surface area contributed by atoms with E-state index in [2.05, 4.69) is 29.2 Å². The molecule has 0 N–H and O–H groups in total. The third-order valence-corrected chi connectivity index (χ3v) is 15.5. The smallest absolute Gasteiger partial charge is 0.148 e. The van der Waals surface area contributed by atoms with Crippen molar-refractivity contribution in [1.29, 1.82) is 0 Å². The first-order valence-corrected chi connectivity index (χ1v) is 17.3. The summed E-state index contributed by atoms with van der Waals surface area (Å²) in [7, 11) is -6.44. The largest absolute Gasteiger partial charge is 0.313 e. The number of likely N-dealkylation sites (tertiary alicyclic amines) is 1. The molecule has 0 spiro atoms. The number of rotatable bonds is 8. The normalized spacial score (nSPS) is 18.0. The Morgan fingerprint density at radius 1 is 0.450 bits per heavy atom. The fourth-order valence-corrected chi connectivity index (χ4v) is 14.0. The highest BCUT2D eigenvalue weighted by molar-refractivity contribution is 7.83. The topological polar surface area (TPSA) is 37.4 Å². The van der Waals surface area contributed by atoms with Crippen LogP contribution >= 0.6 is 14.3 Å². The fraction of sp³-hybridized carbons (Fsp3) is 0.143. The van der Waals surface area contributed by atoms with Gasteiger partial charge in [0, 0.05) is 52.2 Å². The summed E-state index contributed by atoms with van der Waals surface area (Å²) in [5.41, 5.74) is 0.546. The number of hydrogen-bond acceptors (Lipinski definition) is 3. The van der Waals surface area contributed by atoms with Crippen molar-refractivity contribution in [2.24, 2.45) is 0 Å². The van der Waals surface area contributed by atoms with E-state index in [-0.39, 0.29) is 11.3 Å². The first-order valence-electron chi connectivity index (χ1n) is 13.8. The molecule has 5 heteroatoms. The van der Waals surface area contributed by atoms with Crippen molar-refractivity contribution in [1.82, 2.24) is 4.90 Å². The Kier molecular flexibility index (Phi) is 7.72. The van der Waals surface area contributed by atoms with E-state index in [1.165, 1.54) is 5.56 Å². The van der Waals surface area contributed by atoms with Crippen LogP contribution in [0.3, 0.4) is 0 Å². The highest BCUT2D eigenvalue weighted by Gasteiger charge is 2.54. The van der Waals surface area contributed by atoms with Gasteiger partial charge in [0.15, 0.2) is 0 Å². The van der Waals surface area contributed by atoms with Crippen molar-refractivity contribution in [2.75, 3.05) is 13.1 Å². The summed E-state index contributed by atoms with van der Waals surface area (Å²) in [5, 5.41) is 3.30. The molecule has 1 fully saturated rings. The molecule has 5 aromatic rings. The van der Waals surface area contributed by atoms with Crippen LogP contribution in [0.25, 0.3) is 0 Å². The van der Waals surface area contributed by atoms with Crippen molar-refractivity contribution < 1.29 is 9.13 Å². The molecule has 1 aliphatic heterocycles. The van der Waals surface area contributed by atoms with Crippen LogP contribution in [-0.4, -0.2) is 29.3 Å². The first kappa shape index (κ1) is 26.7. The Morgan fingerprint density at radius 2 is 0.725 bits per heavy atom. The molecule has 0 aromatic heterocycles. The lowest BCUT2D eigenvalue weighted by atomic mass is 10.2. The van der Waals surface area contributed by atoms with Gasteiger partial charge in [-0.2, -0.15) is 0 Å². The summed E-state index contributed by atoms with van der Waals surface area (Å²) < 4.78 is 31.6. The summed E-state index contributed by atoms with van der Waals surface area (Å²) in [6.45, 7) is 1.93. The molecule has 6 rings (SSSR count). The summed E-state index contributed by atoms with van der Waals surface area (Å²) in [6, 6.07) is 49.8. The minimum atomic E-state index is -3.22. The van der Waals surface area contributed by atoms with E-state index < -0.39 is 14.3 Å². The zero-order valence-electron chi connectivity index (χ0n) is 22.4. The van der Waals surface area contributed by atoms with Crippen LogP contribution in [0.4, 0.5) is 0 Å². The Bertz CT molecular complexity index is 1440. The average molecular weight is 562 g/mol. The highest BCUT2D eigenvalue weighted by Crippen LogP contribution is 2.62. The molecule has 3 nitrogen and oxygen atoms in total. The van der Waals surface area contributed by atoms with Gasteiger partial charge in [-0.25, -0.2) is 0 Å². The molecule has 2 atom stereocenters. The Hall–Kier alpha value is -3.48. The van der Waals surface area contributed by atoms with Crippen LogP contribution in [-0.2, 0) is 15.7 Å². The Balaban J connectivity index is 1.56. The summed E-state index contributed by atoms with van der Waals surface area (Å²) in [5.74, 6) is 0. The molecule has 40 heavy (non-hydrogen) atoms. The maximum atomic E-state index is 15.8. The Labute approximate surface area is 237 Å². The molecule has 0 amide bonds. The molecular formula is C35H33NO2P2. The van der Waals surface area contributed by atoms with Gasteiger partial charge in [0.05, 0.1) is 0 Å². The third-order valence-electron chi connectivity index (χ3n) is 8.08. The molecule has 0 radical (unpaired) electrons. The van der Waals surface area contributed by atoms with Crippen molar-refractivity contribution in [3.05, 3.63) is 157 Å². The van der Waals surface area contributed by atoms with Gasteiger partial charge in [0.1, 0.15) is 14.3 Å². The maximum Gasteiger partial charge on any atom is 0.148 e. The standard InChI is InChI=1S/C35H33NO2P2/c37-39(30-18-8-2-9-19-30,31-20-10-3-11-21-31)34-27-36(26-29-16-6-1-7-17-29)28-35(34)40(38,32-22-12-4-13-23-32)33-24-14-5-15-25-33/h1-25,34-35H,26-28H2. The van der Waals surface area contributed by atoms with Gasteiger partial charge in [0.2, 0.25) is 0 Å². The zero-order chi connectivity index (χ0) is 27.4. The third kappa shape index (κ3) is 4.95. The van der Waals surface area contributed by atoms with Crippen LogP contribution in [0.5, 0.6) is 0 Å². The maximum absolute atomic E-state index is 15.8. The second kappa shape index (κ2) is 11.6. The van der Waals surface area contributed by atoms with E-state index in [0.717, 1.165) is 27.8 Å². The monoisotopic (exact) mass is 561 g/mol. The number of nitrogens with zero attached hydrogens (tertiary/aromatic N) is 1. The van der Waals surface area contributed by atoms with Crippen LogP contribution in [0.15, 0.2) is 152 Å². The molecular weight excluding hydrogens is 528 g/mol. The predicted molar refractivity (Wildman–Crippen MR) is 169 cm³/mol. The van der Waals surface area contributed by atoms with Crippen molar-refractivity contribution in [3.8, 4) is 0 Å². The summed E-state index contributed by atoms with van der Waals surface area (Å²) in [4.78, 5) is 2.36. The summed E-state index contributed by atoms with van der Waals surface area (Å²) in [6.07, 6.45) is 0. The van der Waals surface area contributed by atoms with Gasteiger partial charge in [-0.05, 0) is 5.56 Å². The van der Waals surface area contributed by atoms with Crippen molar-refractivity contribution in [3.63, 3.8) is 0 Å². The van der Waals surface area contributed by atoms with E-state index in [9.17, 15) is 0 Å². The van der Waals surface area contributed by atoms with E-state index in [1.54, 1.807) is 0 Å². The minimum absolute atomic E-state index is 0.327. The molecule has 0 bridgehead atoms. The molecule has 0 saturated carbocycles. The molecule has 5 aromatic carbocycles. The Morgan fingerprint density at radius 3 is 1.02 bits per heavy atom. The highest BCUT2D eigenvalue weighted by atomic mass is 31.2. The van der Waals surface area contributed by atoms with Crippen LogP contribution in [0.2, 0.25) is 0 Å². The summed E-state index contributed by atoms with van der Waals surface area (Å²) >= 11 is 0. The minimum Gasteiger partial charge on any atom is -0.313 e. The van der Waals surface area contributed by atoms with Crippen LogP contribution < -0.4 is 21.2 Å². The molecule has 1 saturated heterocycles. The van der Waals surface area contributed by atoms with Crippen molar-refractivity contribution in [2.45, 2.75) is 17.9 Å². The number of hydrogen-bond donors (Lipinski definition) is 0. The number of benzene rings is 5. The predicted octanol–water partition coefficient (Wildman–Crippen LogP) is 6.27. The van der Waals surface area contributed by atoms with E-state index in [4.69, 9.17) is 0 Å². The van der Waals surface area contributed by atoms with Gasteiger partial charge in [0.25, 0.3) is 0 Å². The van der Waals surface area contributed by atoms with Gasteiger partial charge in [-0.3, -0.25) is 4.90 Å². The molecule has 0 aliphatic carbocycles. The molecule has 2 unspecified atom stereocenters. The van der Waals surface area contributed by atoms with Crippen molar-refractivity contribution >= 4 is 35.5 Å². The van der Waals surface area contributed by atoms with Gasteiger partial charge in [-0.15, -0.1) is 0 Å². The lowest BCUT2D eigenvalue weighted by Gasteiger charge is -2.34. The van der Waals surface area contributed by atoms with E-state index in [1.807, 2.05) is 127 Å². The lowest BCUT2D eigenvalue weighted by molar-refractivity contribution is 0.331. The first-order chi connectivity index (χ1) is 19.6. The van der Waals surface area contributed by atoms with E-state index >= 15 is 9.13 Å². The fourth-order valence-electron chi connectivity index (χ4n) is 6.19. The average Bonchev–Trinajstić information content (AvgIpc) is 3.47. The lowest BCUT2D eigenvalue weighted by Crippen LogP contribution is -2.38. The molecule has 200 valence electrons. The second-order valence-electron chi connectivity index (χ2n) is 10.5. The quantitative estimate of drug-likeness (QED) is 0.210. The van der Waals surface area contributed by atoms with Gasteiger partial charge < -0.3 is 9.13 Å². The van der Waals surface area contributed by atoms with Gasteiger partial charge >= 0.3 is 0 Å². The van der Waals surface area contributed by atoms with E-state index in [0.29, 0.717) is 13.1 Å². The van der Waals surface area contributed by atoms with Gasteiger partial charge in [-0.1, -0.05) is 152 Å². The second-order valence-corrected chi connectivity index (χ2v) is 16.5. The zero-order valence-corrected chi connectivity index (χ0v) is 24.2.